The zero-order valence-electron chi connectivity index (χ0n) is 7.95. The van der Waals surface area contributed by atoms with E-state index < -0.39 is 0 Å². The molecule has 0 unspecified atom stereocenters. The van der Waals surface area contributed by atoms with Gasteiger partial charge in [0, 0.05) is 18.3 Å². The molecule has 76 valence electrons. The van der Waals surface area contributed by atoms with Crippen molar-refractivity contribution in [3.63, 3.8) is 0 Å². The molecule has 0 amide bonds. The Morgan fingerprint density at radius 1 is 1.00 bits per heavy atom. The van der Waals surface area contributed by atoms with Crippen molar-refractivity contribution < 1.29 is 0 Å². The highest BCUT2D eigenvalue weighted by Crippen LogP contribution is 2.23. The molecule has 1 aromatic heterocycles. The Bertz CT molecular complexity index is 454. The van der Waals surface area contributed by atoms with Crippen molar-refractivity contribution in [2.75, 3.05) is 0 Å². The van der Waals surface area contributed by atoms with Gasteiger partial charge in [-0.2, -0.15) is 0 Å². The number of rotatable bonds is 2. The number of halogens is 2. The third-order valence-electron chi connectivity index (χ3n) is 2.10. The van der Waals surface area contributed by atoms with Gasteiger partial charge in [0.15, 0.2) is 0 Å². The van der Waals surface area contributed by atoms with Crippen molar-refractivity contribution in [2.24, 2.45) is 0 Å². The molecule has 0 saturated carbocycles. The second kappa shape index (κ2) is 4.65. The van der Waals surface area contributed by atoms with Crippen LogP contribution in [0.2, 0.25) is 10.0 Å². The normalized spacial score (nSPS) is 10.3. The zero-order valence-corrected chi connectivity index (χ0v) is 9.46. The first-order chi connectivity index (χ1) is 7.25. The maximum absolute atomic E-state index is 5.93. The first kappa shape index (κ1) is 10.5. The Morgan fingerprint density at radius 2 is 1.87 bits per heavy atom. The monoisotopic (exact) mass is 237 g/mol. The highest BCUT2D eigenvalue weighted by Gasteiger charge is 2.01. The van der Waals surface area contributed by atoms with Crippen molar-refractivity contribution >= 4 is 23.2 Å². The lowest BCUT2D eigenvalue weighted by molar-refractivity contribution is 1.07. The van der Waals surface area contributed by atoms with E-state index in [2.05, 4.69) is 4.98 Å². The fourth-order valence-corrected chi connectivity index (χ4v) is 1.68. The summed E-state index contributed by atoms with van der Waals surface area (Å²) in [6, 6.07) is 11.5. The Kier molecular flexibility index (Phi) is 3.24. The Morgan fingerprint density at radius 3 is 2.53 bits per heavy atom. The van der Waals surface area contributed by atoms with Gasteiger partial charge < -0.3 is 0 Å². The number of aromatic nitrogens is 1. The number of pyridine rings is 1. The molecule has 0 fully saturated rings. The first-order valence-electron chi connectivity index (χ1n) is 4.59. The molecule has 1 nitrogen and oxygen atoms in total. The molecule has 3 heteroatoms. The molecule has 0 spiro atoms. The minimum absolute atomic E-state index is 0.585. The van der Waals surface area contributed by atoms with Crippen molar-refractivity contribution in [3.05, 3.63) is 63.9 Å². The number of nitrogens with zero attached hydrogens (tertiary/aromatic N) is 1. The Hall–Kier alpha value is -1.05. The summed E-state index contributed by atoms with van der Waals surface area (Å²) in [7, 11) is 0. The lowest BCUT2D eigenvalue weighted by Gasteiger charge is -2.02. The molecule has 0 radical (unpaired) electrons. The van der Waals surface area contributed by atoms with Crippen LogP contribution in [-0.2, 0) is 6.42 Å². The molecule has 0 N–H and O–H groups in total. The smallest absolute Gasteiger partial charge is 0.0595 e. The summed E-state index contributed by atoms with van der Waals surface area (Å²) < 4.78 is 0. The van der Waals surface area contributed by atoms with Gasteiger partial charge in [-0.25, -0.2) is 0 Å². The Balaban J connectivity index is 2.22. The van der Waals surface area contributed by atoms with Crippen LogP contribution in [-0.4, -0.2) is 4.98 Å². The van der Waals surface area contributed by atoms with Crippen LogP contribution in [0.4, 0.5) is 0 Å². The van der Waals surface area contributed by atoms with Crippen LogP contribution in [0.1, 0.15) is 11.3 Å². The van der Waals surface area contributed by atoms with Gasteiger partial charge in [0.2, 0.25) is 0 Å². The molecular formula is C12H9Cl2N. The van der Waals surface area contributed by atoms with E-state index in [1.165, 1.54) is 0 Å². The van der Waals surface area contributed by atoms with Gasteiger partial charge >= 0.3 is 0 Å². The molecule has 1 aromatic carbocycles. The van der Waals surface area contributed by atoms with Gasteiger partial charge in [-0.3, -0.25) is 4.98 Å². The average Bonchev–Trinajstić information content (AvgIpc) is 2.25. The van der Waals surface area contributed by atoms with Gasteiger partial charge in [-0.1, -0.05) is 35.3 Å². The predicted octanol–water partition coefficient (Wildman–Crippen LogP) is 3.98. The van der Waals surface area contributed by atoms with Crippen LogP contribution in [0.25, 0.3) is 0 Å². The van der Waals surface area contributed by atoms with E-state index in [0.717, 1.165) is 17.7 Å². The maximum atomic E-state index is 5.93. The molecule has 0 aliphatic carbocycles. The lowest BCUT2D eigenvalue weighted by atomic mass is 10.1. The molecule has 0 aliphatic rings. The van der Waals surface area contributed by atoms with E-state index in [-0.39, 0.29) is 0 Å². The summed E-state index contributed by atoms with van der Waals surface area (Å²) in [5.74, 6) is 0. The van der Waals surface area contributed by atoms with E-state index in [1.54, 1.807) is 6.20 Å². The quantitative estimate of drug-likeness (QED) is 0.771. The number of benzene rings is 1. The topological polar surface area (TPSA) is 12.9 Å². The number of hydrogen-bond donors (Lipinski definition) is 0. The predicted molar refractivity (Wildman–Crippen MR) is 63.5 cm³/mol. The molecule has 0 saturated heterocycles. The van der Waals surface area contributed by atoms with Crippen LogP contribution in [0, 0.1) is 0 Å². The van der Waals surface area contributed by atoms with Gasteiger partial charge in [-0.05, 0) is 29.8 Å². The van der Waals surface area contributed by atoms with Crippen molar-refractivity contribution in [2.45, 2.75) is 6.42 Å². The van der Waals surface area contributed by atoms with Crippen LogP contribution in [0.3, 0.4) is 0 Å². The summed E-state index contributed by atoms with van der Waals surface area (Å²) in [4.78, 5) is 4.25. The number of hydrogen-bond acceptors (Lipinski definition) is 1. The van der Waals surface area contributed by atoms with Gasteiger partial charge in [0.25, 0.3) is 0 Å². The second-order valence-corrected chi connectivity index (χ2v) is 4.06. The minimum atomic E-state index is 0.585. The maximum Gasteiger partial charge on any atom is 0.0595 e. The van der Waals surface area contributed by atoms with Crippen LogP contribution in [0.15, 0.2) is 42.6 Å². The summed E-state index contributed by atoms with van der Waals surface area (Å²) in [5.41, 5.74) is 2.14. The van der Waals surface area contributed by atoms with E-state index >= 15 is 0 Å². The standard InChI is InChI=1S/C12H9Cl2N/c13-11-5-4-9(8-12(11)14)7-10-3-1-2-6-15-10/h1-6,8H,7H2. The average molecular weight is 238 g/mol. The highest BCUT2D eigenvalue weighted by molar-refractivity contribution is 6.42. The lowest BCUT2D eigenvalue weighted by Crippen LogP contribution is -1.90. The molecule has 0 atom stereocenters. The van der Waals surface area contributed by atoms with E-state index in [9.17, 15) is 0 Å². The zero-order chi connectivity index (χ0) is 10.7. The second-order valence-electron chi connectivity index (χ2n) is 3.25. The molecule has 0 aliphatic heterocycles. The van der Waals surface area contributed by atoms with Crippen LogP contribution >= 0.6 is 23.2 Å². The molecule has 2 rings (SSSR count). The summed E-state index contributed by atoms with van der Waals surface area (Å²) >= 11 is 11.8. The SMILES string of the molecule is Clc1ccc(Cc2ccccn2)cc1Cl. The van der Waals surface area contributed by atoms with Crippen molar-refractivity contribution in [3.8, 4) is 0 Å². The third-order valence-corrected chi connectivity index (χ3v) is 2.83. The molecule has 2 aromatic rings. The van der Waals surface area contributed by atoms with Crippen molar-refractivity contribution in [1.29, 1.82) is 0 Å². The molecule has 0 bridgehead atoms. The summed E-state index contributed by atoms with van der Waals surface area (Å²) in [5, 5.41) is 1.17. The van der Waals surface area contributed by atoms with E-state index in [1.807, 2.05) is 36.4 Å². The Labute approximate surface area is 98.7 Å². The molecule has 15 heavy (non-hydrogen) atoms. The molecule has 1 heterocycles. The summed E-state index contributed by atoms with van der Waals surface area (Å²) in [6.45, 7) is 0. The van der Waals surface area contributed by atoms with Gasteiger partial charge in [0.05, 0.1) is 10.0 Å². The first-order valence-corrected chi connectivity index (χ1v) is 5.35. The largest absolute Gasteiger partial charge is 0.261 e. The van der Waals surface area contributed by atoms with Crippen LogP contribution < -0.4 is 0 Å². The van der Waals surface area contributed by atoms with Gasteiger partial charge in [0.1, 0.15) is 0 Å². The highest BCUT2D eigenvalue weighted by atomic mass is 35.5. The minimum Gasteiger partial charge on any atom is -0.261 e. The third kappa shape index (κ3) is 2.71. The van der Waals surface area contributed by atoms with E-state index in [4.69, 9.17) is 23.2 Å². The molecular weight excluding hydrogens is 229 g/mol. The fourth-order valence-electron chi connectivity index (χ4n) is 1.36. The van der Waals surface area contributed by atoms with E-state index in [0.29, 0.717) is 10.0 Å². The fraction of sp³-hybridized carbons (Fsp3) is 0.0833. The van der Waals surface area contributed by atoms with Gasteiger partial charge in [-0.15, -0.1) is 0 Å². The summed E-state index contributed by atoms with van der Waals surface area (Å²) in [6.07, 6.45) is 2.56. The van der Waals surface area contributed by atoms with Crippen molar-refractivity contribution in [1.82, 2.24) is 4.98 Å². The van der Waals surface area contributed by atoms with Crippen LogP contribution in [0.5, 0.6) is 0 Å².